The maximum Gasteiger partial charge on any atom is 0.131 e. The Morgan fingerprint density at radius 2 is 2.12 bits per heavy atom. The minimum Gasteiger partial charge on any atom is -0.330 e. The summed E-state index contributed by atoms with van der Waals surface area (Å²) in [6.45, 7) is 2.46. The van der Waals surface area contributed by atoms with Gasteiger partial charge >= 0.3 is 0 Å². The molecule has 0 aliphatic carbocycles. The lowest BCUT2D eigenvalue weighted by molar-refractivity contribution is 0.631. The highest BCUT2D eigenvalue weighted by molar-refractivity contribution is 7.15. The number of nitrogens with two attached hydrogens (primary N) is 1. The summed E-state index contributed by atoms with van der Waals surface area (Å²) in [4.78, 5) is 5.29. The van der Waals surface area contributed by atoms with Crippen LogP contribution in [0, 0.1) is 12.7 Å². The molecule has 0 amide bonds. The molecule has 1 heterocycles. The van der Waals surface area contributed by atoms with Crippen molar-refractivity contribution in [2.24, 2.45) is 5.73 Å². The molecule has 1 aromatic carbocycles. The van der Waals surface area contributed by atoms with Crippen LogP contribution in [0.4, 0.5) is 4.39 Å². The predicted molar refractivity (Wildman–Crippen MR) is 65.0 cm³/mol. The zero-order valence-electron chi connectivity index (χ0n) is 9.03. The topological polar surface area (TPSA) is 38.9 Å². The number of thiazole rings is 1. The van der Waals surface area contributed by atoms with Gasteiger partial charge in [-0.15, -0.1) is 11.3 Å². The van der Waals surface area contributed by atoms with Gasteiger partial charge in [-0.25, -0.2) is 9.37 Å². The van der Waals surface area contributed by atoms with Crippen molar-refractivity contribution in [2.45, 2.75) is 13.3 Å². The van der Waals surface area contributed by atoms with Gasteiger partial charge in [0.05, 0.1) is 15.6 Å². The maximum atomic E-state index is 13.7. The van der Waals surface area contributed by atoms with E-state index in [0.717, 1.165) is 15.6 Å². The number of hydrogen-bond acceptors (Lipinski definition) is 3. The summed E-state index contributed by atoms with van der Waals surface area (Å²) in [5.41, 5.74) is 7.05. The van der Waals surface area contributed by atoms with Gasteiger partial charge in [0, 0.05) is 12.0 Å². The molecule has 0 fully saturated rings. The van der Waals surface area contributed by atoms with Crippen LogP contribution in [-0.4, -0.2) is 11.5 Å². The van der Waals surface area contributed by atoms with Crippen molar-refractivity contribution in [1.82, 2.24) is 4.98 Å². The molecule has 4 heteroatoms. The third-order valence-corrected chi connectivity index (χ3v) is 3.35. The van der Waals surface area contributed by atoms with Crippen molar-refractivity contribution in [1.29, 1.82) is 0 Å². The standard InChI is InChI=1S/C12H13FN2S/c1-8-15-11(6-7-14)12(16-8)9-4-2-3-5-10(9)13/h2-5H,6-7,14H2,1H3. The van der Waals surface area contributed by atoms with Crippen LogP contribution in [0.3, 0.4) is 0 Å². The second-order valence-electron chi connectivity index (χ2n) is 3.53. The second-order valence-corrected chi connectivity index (χ2v) is 4.73. The van der Waals surface area contributed by atoms with Gasteiger partial charge in [-0.2, -0.15) is 0 Å². The Morgan fingerprint density at radius 3 is 2.81 bits per heavy atom. The lowest BCUT2D eigenvalue weighted by Crippen LogP contribution is -2.04. The smallest absolute Gasteiger partial charge is 0.131 e. The van der Waals surface area contributed by atoms with E-state index >= 15 is 0 Å². The van der Waals surface area contributed by atoms with Crippen molar-refractivity contribution in [3.8, 4) is 10.4 Å². The molecule has 2 rings (SSSR count). The molecule has 0 bridgehead atoms. The minimum atomic E-state index is -0.204. The fourth-order valence-electron chi connectivity index (χ4n) is 1.63. The van der Waals surface area contributed by atoms with Gasteiger partial charge in [-0.05, 0) is 19.5 Å². The summed E-state index contributed by atoms with van der Waals surface area (Å²) >= 11 is 1.51. The Kier molecular flexibility index (Phi) is 3.31. The number of aromatic nitrogens is 1. The maximum absolute atomic E-state index is 13.7. The van der Waals surface area contributed by atoms with Crippen molar-refractivity contribution < 1.29 is 4.39 Å². The normalized spacial score (nSPS) is 10.7. The first kappa shape index (κ1) is 11.2. The van der Waals surface area contributed by atoms with Crippen molar-refractivity contribution in [3.05, 3.63) is 40.8 Å². The van der Waals surface area contributed by atoms with E-state index in [4.69, 9.17) is 5.73 Å². The molecule has 16 heavy (non-hydrogen) atoms. The summed E-state index contributed by atoms with van der Waals surface area (Å²) in [5, 5.41) is 0.946. The Balaban J connectivity index is 2.51. The largest absolute Gasteiger partial charge is 0.330 e. The van der Waals surface area contributed by atoms with Crippen LogP contribution in [-0.2, 0) is 6.42 Å². The highest BCUT2D eigenvalue weighted by Gasteiger charge is 2.13. The Hall–Kier alpha value is -1.26. The van der Waals surface area contributed by atoms with Gasteiger partial charge in [0.15, 0.2) is 0 Å². The van der Waals surface area contributed by atoms with E-state index in [0.29, 0.717) is 18.5 Å². The zero-order valence-corrected chi connectivity index (χ0v) is 9.85. The van der Waals surface area contributed by atoms with Gasteiger partial charge in [0.25, 0.3) is 0 Å². The number of hydrogen-bond donors (Lipinski definition) is 1. The van der Waals surface area contributed by atoms with Crippen LogP contribution in [0.2, 0.25) is 0 Å². The number of halogens is 1. The third kappa shape index (κ3) is 2.13. The molecule has 2 nitrogen and oxygen atoms in total. The van der Waals surface area contributed by atoms with E-state index in [-0.39, 0.29) is 5.82 Å². The van der Waals surface area contributed by atoms with Crippen molar-refractivity contribution >= 4 is 11.3 Å². The minimum absolute atomic E-state index is 0.204. The molecule has 0 aliphatic heterocycles. The first-order valence-electron chi connectivity index (χ1n) is 5.13. The average Bonchev–Trinajstić information content (AvgIpc) is 2.61. The van der Waals surface area contributed by atoms with Crippen molar-refractivity contribution in [2.75, 3.05) is 6.54 Å². The highest BCUT2D eigenvalue weighted by atomic mass is 32.1. The van der Waals surface area contributed by atoms with Crippen LogP contribution in [0.15, 0.2) is 24.3 Å². The molecule has 0 aliphatic rings. The van der Waals surface area contributed by atoms with Crippen molar-refractivity contribution in [3.63, 3.8) is 0 Å². The van der Waals surface area contributed by atoms with Gasteiger partial charge in [0.1, 0.15) is 5.82 Å². The monoisotopic (exact) mass is 236 g/mol. The molecular weight excluding hydrogens is 223 g/mol. The van der Waals surface area contributed by atoms with Crippen LogP contribution >= 0.6 is 11.3 Å². The van der Waals surface area contributed by atoms with Gasteiger partial charge in [-0.3, -0.25) is 0 Å². The van der Waals surface area contributed by atoms with E-state index < -0.39 is 0 Å². The molecule has 0 unspecified atom stereocenters. The van der Waals surface area contributed by atoms with Crippen LogP contribution < -0.4 is 5.73 Å². The number of aryl methyl sites for hydroxylation is 1. The predicted octanol–water partition coefficient (Wildman–Crippen LogP) is 2.76. The van der Waals surface area contributed by atoms with Crippen LogP contribution in [0.5, 0.6) is 0 Å². The Morgan fingerprint density at radius 1 is 1.38 bits per heavy atom. The highest BCUT2D eigenvalue weighted by Crippen LogP contribution is 2.31. The number of rotatable bonds is 3. The first-order valence-corrected chi connectivity index (χ1v) is 5.95. The average molecular weight is 236 g/mol. The molecule has 1 aromatic heterocycles. The molecule has 0 radical (unpaired) electrons. The van der Waals surface area contributed by atoms with Gasteiger partial charge in [-0.1, -0.05) is 18.2 Å². The first-order chi connectivity index (χ1) is 7.72. The molecule has 0 atom stereocenters. The Labute approximate surface area is 97.9 Å². The molecule has 84 valence electrons. The molecule has 0 saturated carbocycles. The van der Waals surface area contributed by atoms with E-state index in [2.05, 4.69) is 4.98 Å². The second kappa shape index (κ2) is 4.72. The van der Waals surface area contributed by atoms with Gasteiger partial charge in [0.2, 0.25) is 0 Å². The van der Waals surface area contributed by atoms with Crippen LogP contribution in [0.25, 0.3) is 10.4 Å². The fraction of sp³-hybridized carbons (Fsp3) is 0.250. The molecule has 0 saturated heterocycles. The lowest BCUT2D eigenvalue weighted by atomic mass is 10.1. The molecule has 0 spiro atoms. The summed E-state index contributed by atoms with van der Waals surface area (Å²) in [7, 11) is 0. The summed E-state index contributed by atoms with van der Waals surface area (Å²) in [6.07, 6.45) is 0.688. The summed E-state index contributed by atoms with van der Waals surface area (Å²) < 4.78 is 13.7. The van der Waals surface area contributed by atoms with E-state index in [1.54, 1.807) is 12.1 Å². The van der Waals surface area contributed by atoms with E-state index in [1.165, 1.54) is 17.4 Å². The summed E-state index contributed by atoms with van der Waals surface area (Å²) in [5.74, 6) is -0.204. The molecule has 2 N–H and O–H groups in total. The third-order valence-electron chi connectivity index (χ3n) is 2.30. The quantitative estimate of drug-likeness (QED) is 0.890. The van der Waals surface area contributed by atoms with E-state index in [9.17, 15) is 4.39 Å². The number of nitrogens with zero attached hydrogens (tertiary/aromatic N) is 1. The molecule has 2 aromatic rings. The SMILES string of the molecule is Cc1nc(CCN)c(-c2ccccc2F)s1. The van der Waals surface area contributed by atoms with Gasteiger partial charge < -0.3 is 5.73 Å². The van der Waals surface area contributed by atoms with E-state index in [1.807, 2.05) is 13.0 Å². The molecular formula is C12H13FN2S. The summed E-state index contributed by atoms with van der Waals surface area (Å²) in [6, 6.07) is 6.77. The van der Waals surface area contributed by atoms with Crippen LogP contribution in [0.1, 0.15) is 10.7 Å². The lowest BCUT2D eigenvalue weighted by Gasteiger charge is -2.02. The fourth-order valence-corrected chi connectivity index (χ4v) is 2.62. The zero-order chi connectivity index (χ0) is 11.5. The Bertz CT molecular complexity index is 494. The number of benzene rings is 1.